The molecule has 0 N–H and O–H groups in total. The molecule has 0 aliphatic carbocycles. The molecule has 1 saturated heterocycles. The Labute approximate surface area is 99.1 Å². The smallest absolute Gasteiger partial charge is 0.225 e. The lowest BCUT2D eigenvalue weighted by Crippen LogP contribution is -2.41. The number of amides is 1. The zero-order valence-electron chi connectivity index (χ0n) is 11.0. The molecule has 0 aromatic carbocycles. The zero-order valence-corrected chi connectivity index (χ0v) is 11.0. The van der Waals surface area contributed by atoms with Crippen molar-refractivity contribution in [3.8, 4) is 0 Å². The van der Waals surface area contributed by atoms with E-state index >= 15 is 0 Å². The first-order valence-corrected chi connectivity index (χ1v) is 6.36. The van der Waals surface area contributed by atoms with Gasteiger partial charge in [0.15, 0.2) is 0 Å². The van der Waals surface area contributed by atoms with Crippen molar-refractivity contribution >= 4 is 5.91 Å². The summed E-state index contributed by atoms with van der Waals surface area (Å²) in [7, 11) is 1.94. The molecule has 1 aliphatic rings. The standard InChI is InChI=1S/C13H25NO2/c1-10(2)9-11(3)14(4)13(15)12-5-7-16-8-6-12/h10-12H,5-9H2,1-4H3/t11-/m1/s1. The van der Waals surface area contributed by atoms with Crippen LogP contribution in [0.2, 0.25) is 0 Å². The van der Waals surface area contributed by atoms with Crippen LogP contribution in [-0.4, -0.2) is 37.1 Å². The van der Waals surface area contributed by atoms with Gasteiger partial charge >= 0.3 is 0 Å². The first-order chi connectivity index (χ1) is 7.52. The summed E-state index contributed by atoms with van der Waals surface area (Å²) >= 11 is 0. The van der Waals surface area contributed by atoms with E-state index in [0.717, 1.165) is 32.5 Å². The van der Waals surface area contributed by atoms with Crippen LogP contribution in [0.4, 0.5) is 0 Å². The fourth-order valence-electron chi connectivity index (χ4n) is 2.29. The molecule has 0 aromatic rings. The van der Waals surface area contributed by atoms with Crippen LogP contribution in [0.3, 0.4) is 0 Å². The van der Waals surface area contributed by atoms with Gasteiger partial charge in [-0.1, -0.05) is 13.8 Å². The Morgan fingerprint density at radius 2 is 1.88 bits per heavy atom. The molecule has 3 heteroatoms. The minimum absolute atomic E-state index is 0.188. The lowest BCUT2D eigenvalue weighted by atomic mass is 9.97. The number of nitrogens with zero attached hydrogens (tertiary/aromatic N) is 1. The molecule has 1 rings (SSSR count). The molecule has 1 atom stereocenters. The van der Waals surface area contributed by atoms with Gasteiger partial charge in [-0.15, -0.1) is 0 Å². The van der Waals surface area contributed by atoms with Gasteiger partial charge < -0.3 is 9.64 Å². The Morgan fingerprint density at radius 3 is 2.38 bits per heavy atom. The highest BCUT2D eigenvalue weighted by Crippen LogP contribution is 2.19. The number of hydrogen-bond acceptors (Lipinski definition) is 2. The van der Waals surface area contributed by atoms with Crippen LogP contribution in [0.5, 0.6) is 0 Å². The molecule has 1 fully saturated rings. The molecule has 0 unspecified atom stereocenters. The van der Waals surface area contributed by atoms with Gasteiger partial charge in [0, 0.05) is 32.2 Å². The number of carbonyl (C=O) groups is 1. The first-order valence-electron chi connectivity index (χ1n) is 6.36. The van der Waals surface area contributed by atoms with E-state index in [-0.39, 0.29) is 5.92 Å². The highest BCUT2D eigenvalue weighted by molar-refractivity contribution is 5.78. The average Bonchev–Trinajstić information content (AvgIpc) is 2.27. The van der Waals surface area contributed by atoms with Gasteiger partial charge in [0.1, 0.15) is 0 Å². The van der Waals surface area contributed by atoms with Crippen molar-refractivity contribution in [1.82, 2.24) is 4.90 Å². The number of carbonyl (C=O) groups excluding carboxylic acids is 1. The van der Waals surface area contributed by atoms with Gasteiger partial charge in [-0.05, 0) is 32.1 Å². The molecular formula is C13H25NO2. The van der Waals surface area contributed by atoms with E-state index in [1.807, 2.05) is 11.9 Å². The Morgan fingerprint density at radius 1 is 1.31 bits per heavy atom. The predicted molar refractivity (Wildman–Crippen MR) is 65.2 cm³/mol. The Hall–Kier alpha value is -0.570. The normalized spacial score (nSPS) is 19.8. The first kappa shape index (κ1) is 13.5. The zero-order chi connectivity index (χ0) is 12.1. The molecule has 1 heterocycles. The van der Waals surface area contributed by atoms with Crippen molar-refractivity contribution in [2.45, 2.75) is 46.1 Å². The van der Waals surface area contributed by atoms with Gasteiger partial charge in [-0.3, -0.25) is 4.79 Å². The molecule has 94 valence electrons. The van der Waals surface area contributed by atoms with Crippen LogP contribution in [-0.2, 0) is 9.53 Å². The van der Waals surface area contributed by atoms with Crippen molar-refractivity contribution in [1.29, 1.82) is 0 Å². The minimum atomic E-state index is 0.188. The molecule has 0 radical (unpaired) electrons. The van der Waals surface area contributed by atoms with Crippen molar-refractivity contribution in [3.63, 3.8) is 0 Å². The Bertz CT molecular complexity index is 222. The molecule has 0 aromatic heterocycles. The van der Waals surface area contributed by atoms with E-state index in [0.29, 0.717) is 17.9 Å². The van der Waals surface area contributed by atoms with E-state index in [1.165, 1.54) is 0 Å². The quantitative estimate of drug-likeness (QED) is 0.737. The van der Waals surface area contributed by atoms with E-state index in [2.05, 4.69) is 20.8 Å². The second-order valence-corrected chi connectivity index (χ2v) is 5.31. The van der Waals surface area contributed by atoms with Crippen LogP contribution in [0.25, 0.3) is 0 Å². The molecule has 1 aliphatic heterocycles. The lowest BCUT2D eigenvalue weighted by molar-refractivity contribution is -0.139. The van der Waals surface area contributed by atoms with Crippen molar-refractivity contribution in [2.75, 3.05) is 20.3 Å². The van der Waals surface area contributed by atoms with Gasteiger partial charge in [-0.2, -0.15) is 0 Å². The van der Waals surface area contributed by atoms with Crippen LogP contribution in [0.15, 0.2) is 0 Å². The van der Waals surface area contributed by atoms with Crippen molar-refractivity contribution in [2.24, 2.45) is 11.8 Å². The molecule has 0 spiro atoms. The third kappa shape index (κ3) is 3.78. The summed E-state index contributed by atoms with van der Waals surface area (Å²) in [5, 5.41) is 0. The summed E-state index contributed by atoms with van der Waals surface area (Å²) in [5.74, 6) is 1.13. The third-order valence-corrected chi connectivity index (χ3v) is 3.39. The third-order valence-electron chi connectivity index (χ3n) is 3.39. The van der Waals surface area contributed by atoms with Gasteiger partial charge in [0.2, 0.25) is 5.91 Å². The van der Waals surface area contributed by atoms with Crippen molar-refractivity contribution < 1.29 is 9.53 Å². The number of hydrogen-bond donors (Lipinski definition) is 0. The molecular weight excluding hydrogens is 202 g/mol. The van der Waals surface area contributed by atoms with Gasteiger partial charge in [0.25, 0.3) is 0 Å². The summed E-state index contributed by atoms with van der Waals surface area (Å²) in [6.07, 6.45) is 2.85. The monoisotopic (exact) mass is 227 g/mol. The van der Waals surface area contributed by atoms with Gasteiger partial charge in [-0.25, -0.2) is 0 Å². The largest absolute Gasteiger partial charge is 0.381 e. The molecule has 1 amide bonds. The molecule has 0 bridgehead atoms. The fraction of sp³-hybridized carbons (Fsp3) is 0.923. The van der Waals surface area contributed by atoms with Crippen LogP contribution < -0.4 is 0 Å². The van der Waals surface area contributed by atoms with Crippen LogP contribution >= 0.6 is 0 Å². The molecule has 3 nitrogen and oxygen atoms in total. The van der Waals surface area contributed by atoms with Crippen molar-refractivity contribution in [3.05, 3.63) is 0 Å². The van der Waals surface area contributed by atoms with E-state index in [1.54, 1.807) is 0 Å². The van der Waals surface area contributed by atoms with E-state index in [4.69, 9.17) is 4.74 Å². The van der Waals surface area contributed by atoms with Gasteiger partial charge in [0.05, 0.1) is 0 Å². The topological polar surface area (TPSA) is 29.5 Å². The number of ether oxygens (including phenoxy) is 1. The maximum absolute atomic E-state index is 12.2. The number of rotatable bonds is 4. The van der Waals surface area contributed by atoms with E-state index in [9.17, 15) is 4.79 Å². The van der Waals surface area contributed by atoms with Crippen LogP contribution in [0.1, 0.15) is 40.0 Å². The second kappa shape index (κ2) is 6.24. The summed E-state index contributed by atoms with van der Waals surface area (Å²) < 4.78 is 5.28. The summed E-state index contributed by atoms with van der Waals surface area (Å²) in [5.41, 5.74) is 0. The average molecular weight is 227 g/mol. The lowest BCUT2D eigenvalue weighted by Gasteiger charge is -2.31. The van der Waals surface area contributed by atoms with E-state index < -0.39 is 0 Å². The summed E-state index contributed by atoms with van der Waals surface area (Å²) in [6.45, 7) is 8.01. The molecule has 0 saturated carbocycles. The maximum atomic E-state index is 12.2. The second-order valence-electron chi connectivity index (χ2n) is 5.31. The highest BCUT2D eigenvalue weighted by Gasteiger charge is 2.26. The SMILES string of the molecule is CC(C)C[C@@H](C)N(C)C(=O)C1CCOCC1. The molecule has 16 heavy (non-hydrogen) atoms. The Kier molecular flexibility index (Phi) is 5.26. The summed E-state index contributed by atoms with van der Waals surface area (Å²) in [6, 6.07) is 0.343. The highest BCUT2D eigenvalue weighted by atomic mass is 16.5. The minimum Gasteiger partial charge on any atom is -0.381 e. The summed E-state index contributed by atoms with van der Waals surface area (Å²) in [4.78, 5) is 14.1. The fourth-order valence-corrected chi connectivity index (χ4v) is 2.29. The Balaban J connectivity index is 2.45. The maximum Gasteiger partial charge on any atom is 0.225 e. The predicted octanol–water partition coefficient (Wildman–Crippen LogP) is 2.31. The van der Waals surface area contributed by atoms with Crippen LogP contribution in [0, 0.1) is 11.8 Å².